The van der Waals surface area contributed by atoms with Crippen molar-refractivity contribution < 1.29 is 14.1 Å². The number of methoxy groups -OCH3 is 1. The molecule has 3 saturated heterocycles. The first-order valence-corrected chi connectivity index (χ1v) is 27.9. The van der Waals surface area contributed by atoms with Crippen LogP contribution in [0.15, 0.2) is 79.1 Å². The molecule has 3 N–H and O–H groups in total. The van der Waals surface area contributed by atoms with Crippen molar-refractivity contribution in [1.82, 2.24) is 35.1 Å². The fourth-order valence-electron chi connectivity index (χ4n) is 9.21. The Kier molecular flexibility index (Phi) is 16.9. The van der Waals surface area contributed by atoms with Crippen molar-refractivity contribution in [2.45, 2.75) is 64.8 Å². The average molecular weight is 1010 g/mol. The lowest BCUT2D eigenvalue weighted by Crippen LogP contribution is -2.52. The van der Waals surface area contributed by atoms with Gasteiger partial charge in [0.15, 0.2) is 5.13 Å². The summed E-state index contributed by atoms with van der Waals surface area (Å²) < 4.78 is 18.6. The van der Waals surface area contributed by atoms with Crippen LogP contribution in [0.1, 0.15) is 75.8 Å². The van der Waals surface area contributed by atoms with Gasteiger partial charge in [-0.15, -0.1) is 0 Å². The number of amides is 1. The van der Waals surface area contributed by atoms with E-state index in [4.69, 9.17) is 32.9 Å². The van der Waals surface area contributed by atoms with Gasteiger partial charge in [-0.25, -0.2) is 24.9 Å². The van der Waals surface area contributed by atoms with Crippen LogP contribution in [0.2, 0.25) is 10.0 Å². The van der Waals surface area contributed by atoms with Crippen LogP contribution in [0.4, 0.5) is 28.1 Å². The van der Waals surface area contributed by atoms with Crippen LogP contribution >= 0.6 is 41.7 Å². The zero-order valence-electron chi connectivity index (χ0n) is 40.1. The number of ether oxygens (including phenoxy) is 1. The van der Waals surface area contributed by atoms with Crippen molar-refractivity contribution in [3.8, 4) is 5.75 Å². The monoisotopic (exact) mass is 1010 g/mol. The third-order valence-electron chi connectivity index (χ3n) is 12.8. The molecule has 0 spiro atoms. The lowest BCUT2D eigenvalue weighted by Gasteiger charge is -2.41. The fraction of sp³-hybridized carbons (Fsp3) is 0.412. The number of benzene rings is 3. The molecular weight excluding hydrogens is 949 g/mol. The number of hydrogen-bond donors (Lipinski definition) is 3. The summed E-state index contributed by atoms with van der Waals surface area (Å²) in [4.78, 5) is 43.2. The average Bonchev–Trinajstić information content (AvgIpc) is 3.83. The molecule has 0 radical (unpaired) electrons. The maximum Gasteiger partial charge on any atom is 0.267 e. The highest BCUT2D eigenvalue weighted by Gasteiger charge is 2.26. The number of para-hydroxylation sites is 1. The number of nitrogens with one attached hydrogen (secondary N) is 3. The Balaban J connectivity index is 0.000000192. The molecule has 14 nitrogen and oxygen atoms in total. The lowest BCUT2D eigenvalue weighted by atomic mass is 10.0. The van der Waals surface area contributed by atoms with Crippen LogP contribution in [0.25, 0.3) is 0 Å². The van der Waals surface area contributed by atoms with E-state index in [1.54, 1.807) is 38.9 Å². The summed E-state index contributed by atoms with van der Waals surface area (Å²) in [7, 11) is -0.704. The number of thiazole rings is 1. The van der Waals surface area contributed by atoms with Crippen molar-refractivity contribution in [2.24, 2.45) is 0 Å². The van der Waals surface area contributed by atoms with Gasteiger partial charge < -0.3 is 35.1 Å². The normalized spacial score (nSPS) is 15.9. The predicted octanol–water partition coefficient (Wildman–Crippen LogP) is 9.63. The summed E-state index contributed by atoms with van der Waals surface area (Å²) in [5.74, 6) is 3.58. The van der Waals surface area contributed by atoms with E-state index in [1.165, 1.54) is 49.1 Å². The number of aryl methyl sites for hydroxylation is 2. The van der Waals surface area contributed by atoms with E-state index in [-0.39, 0.29) is 5.91 Å². The molecule has 0 unspecified atom stereocenters. The first-order valence-electron chi connectivity index (χ1n) is 23.7. The summed E-state index contributed by atoms with van der Waals surface area (Å²) in [5.41, 5.74) is 5.49. The van der Waals surface area contributed by atoms with Crippen LogP contribution < -0.4 is 35.8 Å². The van der Waals surface area contributed by atoms with Crippen LogP contribution in [0.3, 0.4) is 0 Å². The van der Waals surface area contributed by atoms with E-state index in [0.29, 0.717) is 62.1 Å². The number of halogens is 2. The van der Waals surface area contributed by atoms with Gasteiger partial charge in [-0.1, -0.05) is 77.0 Å². The highest BCUT2D eigenvalue weighted by molar-refractivity contribution is 7.70. The summed E-state index contributed by atoms with van der Waals surface area (Å²) in [5, 5.41) is 12.0. The highest BCUT2D eigenvalue weighted by Crippen LogP contribution is 2.37. The van der Waals surface area contributed by atoms with Crippen molar-refractivity contribution in [3.63, 3.8) is 0 Å². The quantitative estimate of drug-likeness (QED) is 0.0943. The Morgan fingerprint density at radius 1 is 0.826 bits per heavy atom. The number of anilines is 5. The minimum atomic E-state index is -2.42. The molecule has 1 amide bonds. The summed E-state index contributed by atoms with van der Waals surface area (Å²) in [6.45, 7) is 16.0. The van der Waals surface area contributed by atoms with Crippen LogP contribution in [0, 0.1) is 13.8 Å². The molecule has 69 heavy (non-hydrogen) atoms. The number of piperazine rings is 1. The van der Waals surface area contributed by atoms with Crippen LogP contribution in [-0.4, -0.2) is 115 Å². The third kappa shape index (κ3) is 13.2. The van der Waals surface area contributed by atoms with Gasteiger partial charge in [0.25, 0.3) is 5.91 Å². The minimum absolute atomic E-state index is 0.246. The first kappa shape index (κ1) is 50.2. The Morgan fingerprint density at radius 2 is 1.59 bits per heavy atom. The number of aromatic nitrogens is 5. The van der Waals surface area contributed by atoms with Crippen molar-refractivity contribution in [2.75, 3.05) is 93.2 Å². The smallest absolute Gasteiger partial charge is 0.267 e. The van der Waals surface area contributed by atoms with E-state index in [2.05, 4.69) is 68.8 Å². The summed E-state index contributed by atoms with van der Waals surface area (Å²) in [6, 6.07) is 22.4. The van der Waals surface area contributed by atoms with E-state index in [0.717, 1.165) is 91.6 Å². The minimum Gasteiger partial charge on any atom is -0.496 e. The molecule has 0 bridgehead atoms. The molecule has 6 aromatic rings. The SMILES string of the molecule is COc1cc(N2CCC(N3CCNCC3)CC2)ccc1Cc1ncc(Cl)c(Cc2ccccc2P(C)(C)=O)n1.Cc1nc(Nc2ncc(C(=O)Nc3c(C)cccc3Cl)s2)cc(N2CCCCC2)n1. The second-order valence-corrected chi connectivity index (χ2v) is 23.2. The van der Waals surface area contributed by atoms with Crippen molar-refractivity contribution in [3.05, 3.63) is 128 Å². The van der Waals surface area contributed by atoms with Gasteiger partial charge in [-0.3, -0.25) is 9.69 Å². The van der Waals surface area contributed by atoms with Gasteiger partial charge in [-0.05, 0) is 82.5 Å². The van der Waals surface area contributed by atoms with E-state index < -0.39 is 7.14 Å². The van der Waals surface area contributed by atoms with Gasteiger partial charge in [0.2, 0.25) is 0 Å². The van der Waals surface area contributed by atoms with Crippen LogP contribution in [-0.2, 0) is 17.4 Å². The summed E-state index contributed by atoms with van der Waals surface area (Å²) in [6.07, 6.45) is 10.3. The van der Waals surface area contributed by atoms with Gasteiger partial charge in [-0.2, -0.15) is 0 Å². The standard InChI is InChI=1S/C30H39ClN5O2P.C21H23ClN6OS/c1-38-28-20-25(35-14-10-24(11-15-35)36-16-12-32-13-17-36)9-8-22(28)19-30-33-21-26(31)27(34-30)18-23-6-4-5-7-29(23)39(2,3)37;1-13-7-6-8-15(22)19(13)27-20(29)16-12-23-21(30-16)26-17-11-18(25-14(2)24-17)28-9-4-3-5-10-28/h4-9,20-21,24,32H,10-19H2,1-3H3;6-8,11-12H,3-5,9-10H2,1-2H3,(H,27,29)(H,23,24,25,26). The Bertz CT molecular complexity index is 2750. The van der Waals surface area contributed by atoms with Gasteiger partial charge >= 0.3 is 0 Å². The molecule has 18 heteroatoms. The maximum atomic E-state index is 12.8. The van der Waals surface area contributed by atoms with Crippen molar-refractivity contribution in [1.29, 1.82) is 0 Å². The number of piperidine rings is 2. The molecular formula is C51H62Cl2N11O3PS. The van der Waals surface area contributed by atoms with E-state index in [9.17, 15) is 9.36 Å². The predicted molar refractivity (Wildman–Crippen MR) is 283 cm³/mol. The molecule has 0 saturated carbocycles. The number of carbonyl (C=O) groups excluding carboxylic acids is 1. The highest BCUT2D eigenvalue weighted by atomic mass is 35.5. The lowest BCUT2D eigenvalue weighted by molar-refractivity contribution is 0.103. The van der Waals surface area contributed by atoms with E-state index >= 15 is 0 Å². The molecule has 3 fully saturated rings. The second-order valence-electron chi connectivity index (χ2n) is 18.2. The Hall–Kier alpha value is -5.15. The molecule has 9 rings (SSSR count). The van der Waals surface area contributed by atoms with Crippen molar-refractivity contribution >= 4 is 81.0 Å². The number of carbonyl (C=O) groups is 1. The second kappa shape index (κ2) is 23.2. The molecule has 6 heterocycles. The molecule has 3 aromatic heterocycles. The number of rotatable bonds is 13. The maximum absolute atomic E-state index is 12.8. The molecule has 0 atom stereocenters. The fourth-order valence-corrected chi connectivity index (χ4v) is 11.7. The molecule has 3 aliphatic heterocycles. The van der Waals surface area contributed by atoms with Crippen LogP contribution in [0.5, 0.6) is 5.75 Å². The Labute approximate surface area is 420 Å². The van der Waals surface area contributed by atoms with Gasteiger partial charge in [0.05, 0.1) is 34.7 Å². The topological polar surface area (TPSA) is 154 Å². The summed E-state index contributed by atoms with van der Waals surface area (Å²) >= 11 is 14.0. The number of hydrogen-bond acceptors (Lipinski definition) is 14. The number of nitrogens with zero attached hydrogens (tertiary/aromatic N) is 8. The van der Waals surface area contributed by atoms with Gasteiger partial charge in [0, 0.05) is 106 Å². The van der Waals surface area contributed by atoms with Gasteiger partial charge in [0.1, 0.15) is 41.1 Å². The molecule has 364 valence electrons. The molecule has 3 aromatic carbocycles. The largest absolute Gasteiger partial charge is 0.496 e. The molecule has 0 aliphatic carbocycles. The Morgan fingerprint density at radius 3 is 2.33 bits per heavy atom. The zero-order valence-corrected chi connectivity index (χ0v) is 43.3. The zero-order chi connectivity index (χ0) is 48.5. The first-order chi connectivity index (χ1) is 33.3. The molecule has 3 aliphatic rings. The van der Waals surface area contributed by atoms with E-state index in [1.807, 2.05) is 56.3 Å². The third-order valence-corrected chi connectivity index (χ3v) is 16.0.